The number of nitrogens with one attached hydrogen (secondary N) is 3. The number of rotatable bonds is 11. The summed E-state index contributed by atoms with van der Waals surface area (Å²) < 4.78 is 37.6. The molecular formula is C25H31N5O4S. The molecule has 35 heavy (non-hydrogen) atoms. The van der Waals surface area contributed by atoms with Crippen LogP contribution in [0.4, 0.5) is 23.1 Å². The van der Waals surface area contributed by atoms with Crippen LogP contribution in [0.25, 0.3) is 0 Å². The van der Waals surface area contributed by atoms with Crippen LogP contribution in [-0.4, -0.2) is 37.9 Å². The first kappa shape index (κ1) is 24.7. The summed E-state index contributed by atoms with van der Waals surface area (Å²) in [6.45, 7) is 4.27. The van der Waals surface area contributed by atoms with Crippen LogP contribution in [-0.2, 0) is 23.0 Å². The first-order valence-corrected chi connectivity index (χ1v) is 13.1. The van der Waals surface area contributed by atoms with Gasteiger partial charge in [-0.3, -0.25) is 0 Å². The number of anilines is 4. The maximum Gasteiger partial charge on any atom is 0.229 e. The van der Waals surface area contributed by atoms with Crippen molar-refractivity contribution in [1.82, 2.24) is 14.7 Å². The first-order chi connectivity index (χ1) is 16.8. The fourth-order valence-electron chi connectivity index (χ4n) is 3.71. The van der Waals surface area contributed by atoms with Crippen LogP contribution in [0.15, 0.2) is 42.6 Å². The first-order valence-electron chi connectivity index (χ1n) is 11.5. The van der Waals surface area contributed by atoms with Crippen LogP contribution in [0, 0.1) is 6.92 Å². The average molecular weight is 498 g/mol. The van der Waals surface area contributed by atoms with Crippen LogP contribution in [0.2, 0.25) is 0 Å². The molecule has 0 radical (unpaired) electrons. The fraction of sp³-hybridized carbons (Fsp3) is 0.360. The van der Waals surface area contributed by atoms with Crippen LogP contribution in [0.5, 0.6) is 11.5 Å². The Morgan fingerprint density at radius 1 is 1.03 bits per heavy atom. The summed E-state index contributed by atoms with van der Waals surface area (Å²) in [6, 6.07) is 11.4. The predicted octanol–water partition coefficient (Wildman–Crippen LogP) is 4.43. The van der Waals surface area contributed by atoms with Gasteiger partial charge in [-0.15, -0.1) is 0 Å². The summed E-state index contributed by atoms with van der Waals surface area (Å²) in [5, 5.41) is 6.37. The zero-order valence-corrected chi connectivity index (χ0v) is 21.2. The number of sulfonamides is 1. The third kappa shape index (κ3) is 6.01. The van der Waals surface area contributed by atoms with Crippen LogP contribution in [0.3, 0.4) is 0 Å². The molecule has 1 saturated carbocycles. The summed E-state index contributed by atoms with van der Waals surface area (Å²) in [6.07, 6.45) is 4.06. The van der Waals surface area contributed by atoms with Gasteiger partial charge in [0, 0.05) is 35.7 Å². The number of hydrogen-bond donors (Lipinski definition) is 3. The molecule has 186 valence electrons. The van der Waals surface area contributed by atoms with Crippen LogP contribution < -0.4 is 24.8 Å². The molecule has 1 aromatic heterocycles. The quantitative estimate of drug-likeness (QED) is 0.356. The minimum absolute atomic E-state index is 0.223. The van der Waals surface area contributed by atoms with Gasteiger partial charge in [0.2, 0.25) is 16.0 Å². The van der Waals surface area contributed by atoms with Crippen molar-refractivity contribution in [1.29, 1.82) is 0 Å². The number of aromatic nitrogens is 2. The molecule has 2 aromatic carbocycles. The molecule has 1 fully saturated rings. The monoisotopic (exact) mass is 497 g/mol. The molecule has 0 spiro atoms. The zero-order chi connectivity index (χ0) is 25.0. The Hall–Kier alpha value is -3.37. The van der Waals surface area contributed by atoms with E-state index in [1.807, 2.05) is 50.2 Å². The number of ether oxygens (including phenoxy) is 2. The topological polar surface area (TPSA) is 114 Å². The largest absolute Gasteiger partial charge is 0.493 e. The van der Waals surface area contributed by atoms with E-state index in [4.69, 9.17) is 9.47 Å². The van der Waals surface area contributed by atoms with Crippen molar-refractivity contribution in [3.8, 4) is 11.5 Å². The van der Waals surface area contributed by atoms with Gasteiger partial charge in [-0.25, -0.2) is 18.1 Å². The molecule has 1 aliphatic carbocycles. The van der Waals surface area contributed by atoms with E-state index in [9.17, 15) is 8.42 Å². The zero-order valence-electron chi connectivity index (χ0n) is 20.4. The number of nitrogens with zero attached hydrogens (tertiary/aromatic N) is 2. The Morgan fingerprint density at radius 3 is 2.40 bits per heavy atom. The third-order valence-corrected chi connectivity index (χ3v) is 7.72. The van der Waals surface area contributed by atoms with Crippen molar-refractivity contribution in [2.24, 2.45) is 0 Å². The smallest absolute Gasteiger partial charge is 0.229 e. The highest BCUT2D eigenvalue weighted by Crippen LogP contribution is 2.35. The molecule has 0 atom stereocenters. The van der Waals surface area contributed by atoms with Gasteiger partial charge in [0.15, 0.2) is 11.5 Å². The van der Waals surface area contributed by atoms with Crippen molar-refractivity contribution in [2.45, 2.75) is 44.9 Å². The predicted molar refractivity (Wildman–Crippen MR) is 137 cm³/mol. The molecule has 4 rings (SSSR count). The van der Waals surface area contributed by atoms with Crippen LogP contribution >= 0.6 is 0 Å². The lowest BCUT2D eigenvalue weighted by Gasteiger charge is -2.15. The molecule has 1 heterocycles. The van der Waals surface area contributed by atoms with Crippen molar-refractivity contribution in [3.63, 3.8) is 0 Å². The van der Waals surface area contributed by atoms with E-state index in [0.29, 0.717) is 23.3 Å². The lowest BCUT2D eigenvalue weighted by atomic mass is 10.2. The summed E-state index contributed by atoms with van der Waals surface area (Å²) >= 11 is 0. The van der Waals surface area contributed by atoms with E-state index in [2.05, 4.69) is 25.3 Å². The van der Waals surface area contributed by atoms with Gasteiger partial charge >= 0.3 is 0 Å². The van der Waals surface area contributed by atoms with Gasteiger partial charge in [-0.1, -0.05) is 19.1 Å². The molecular weight excluding hydrogens is 466 g/mol. The number of aryl methyl sites for hydroxylation is 2. The molecule has 0 saturated heterocycles. The van der Waals surface area contributed by atoms with E-state index in [1.165, 1.54) is 0 Å². The summed E-state index contributed by atoms with van der Waals surface area (Å²) in [7, 11) is 0.0137. The van der Waals surface area contributed by atoms with Crippen LogP contribution in [0.1, 0.15) is 36.5 Å². The van der Waals surface area contributed by atoms with Gasteiger partial charge < -0.3 is 20.1 Å². The molecule has 1 aliphatic rings. The van der Waals surface area contributed by atoms with Crippen molar-refractivity contribution < 1.29 is 17.9 Å². The molecule has 0 amide bonds. The average Bonchev–Trinajstić information content (AvgIpc) is 3.70. The van der Waals surface area contributed by atoms with E-state index >= 15 is 0 Å². The molecule has 10 heteroatoms. The summed E-state index contributed by atoms with van der Waals surface area (Å²) in [5.41, 5.74) is 4.43. The highest BCUT2D eigenvalue weighted by Gasteiger charge is 2.35. The second kappa shape index (κ2) is 10.5. The summed E-state index contributed by atoms with van der Waals surface area (Å²) in [5.74, 6) is 2.45. The highest BCUT2D eigenvalue weighted by atomic mass is 32.2. The lowest BCUT2D eigenvalue weighted by Crippen LogP contribution is -2.26. The van der Waals surface area contributed by atoms with Crippen molar-refractivity contribution in [3.05, 3.63) is 59.3 Å². The normalized spacial score (nSPS) is 13.4. The van der Waals surface area contributed by atoms with Gasteiger partial charge in [0.25, 0.3) is 0 Å². The molecule has 0 aliphatic heterocycles. The lowest BCUT2D eigenvalue weighted by molar-refractivity contribution is 0.353. The SMILES string of the molecule is CCc1cnc(Nc2cc(C)c(OC)c(OC)c2)nc1Nc1ccc(CNS(=O)(=O)C2CC2)cc1. The Balaban J connectivity index is 1.48. The minimum atomic E-state index is -3.20. The Bertz CT molecular complexity index is 1290. The number of hydrogen-bond acceptors (Lipinski definition) is 8. The van der Waals surface area contributed by atoms with Crippen molar-refractivity contribution >= 4 is 33.2 Å². The summed E-state index contributed by atoms with van der Waals surface area (Å²) in [4.78, 5) is 9.14. The number of methoxy groups -OCH3 is 2. The van der Waals surface area contributed by atoms with Crippen molar-refractivity contribution in [2.75, 3.05) is 24.9 Å². The third-order valence-electron chi connectivity index (χ3n) is 5.82. The minimum Gasteiger partial charge on any atom is -0.493 e. The highest BCUT2D eigenvalue weighted by molar-refractivity contribution is 7.90. The number of benzene rings is 2. The second-order valence-corrected chi connectivity index (χ2v) is 10.5. The molecule has 3 N–H and O–H groups in total. The van der Waals surface area contributed by atoms with Gasteiger partial charge in [-0.2, -0.15) is 4.98 Å². The maximum atomic E-state index is 12.0. The standard InChI is InChI=1S/C25H31N5O4S/c1-5-18-15-26-25(29-20-12-16(2)23(34-4)22(13-20)33-3)30-24(18)28-19-8-6-17(7-9-19)14-27-35(31,32)21-10-11-21/h6-9,12-13,15,21,27H,5,10-11,14H2,1-4H3,(H2,26,28,29,30). The second-order valence-electron chi connectivity index (χ2n) is 8.46. The molecule has 0 unspecified atom stereocenters. The Morgan fingerprint density at radius 2 is 1.77 bits per heavy atom. The Kier molecular flexibility index (Phi) is 7.42. The van der Waals surface area contributed by atoms with Gasteiger partial charge in [-0.05, 0) is 55.5 Å². The van der Waals surface area contributed by atoms with E-state index < -0.39 is 10.0 Å². The van der Waals surface area contributed by atoms with Gasteiger partial charge in [0.1, 0.15) is 5.82 Å². The molecule has 0 bridgehead atoms. The van der Waals surface area contributed by atoms with E-state index in [0.717, 1.165) is 47.3 Å². The maximum absolute atomic E-state index is 12.0. The molecule has 3 aromatic rings. The Labute approximate surface area is 206 Å². The molecule has 9 nitrogen and oxygen atoms in total. The van der Waals surface area contributed by atoms with Gasteiger partial charge in [0.05, 0.1) is 19.5 Å². The van der Waals surface area contributed by atoms with E-state index in [-0.39, 0.29) is 11.8 Å². The van der Waals surface area contributed by atoms with E-state index in [1.54, 1.807) is 20.4 Å². The fourth-order valence-corrected chi connectivity index (χ4v) is 5.07.